The van der Waals surface area contributed by atoms with Gasteiger partial charge in [0.05, 0.1) is 19.6 Å². The van der Waals surface area contributed by atoms with Crippen LogP contribution in [0.4, 0.5) is 0 Å². The van der Waals surface area contributed by atoms with Crippen molar-refractivity contribution in [3.05, 3.63) is 47.5 Å². The number of benzene rings is 1. The maximum Gasteiger partial charge on any atom is 0.240 e. The summed E-state index contributed by atoms with van der Waals surface area (Å²) in [6, 6.07) is 10.0. The monoisotopic (exact) mass is 385 g/mol. The standard InChI is InChI=1S/C20H31N7O/c1-15-24-25-17(27(15)6)13-22-19(21-12-16-10-8-7-9-11-16)26(5)14-18(28)23-20(2,3)4/h7-11H,12-14H2,1-6H3,(H,21,22)(H,23,28). The molecule has 152 valence electrons. The maximum atomic E-state index is 12.3. The Bertz CT molecular complexity index is 806. The summed E-state index contributed by atoms with van der Waals surface area (Å²) in [7, 11) is 3.77. The fourth-order valence-corrected chi connectivity index (χ4v) is 2.57. The minimum absolute atomic E-state index is 0.0567. The topological polar surface area (TPSA) is 87.4 Å². The predicted molar refractivity (Wildman–Crippen MR) is 111 cm³/mol. The summed E-state index contributed by atoms with van der Waals surface area (Å²) in [5.41, 5.74) is 0.826. The Labute approximate surface area is 167 Å². The van der Waals surface area contributed by atoms with E-state index in [1.165, 1.54) is 0 Å². The molecule has 0 bridgehead atoms. The van der Waals surface area contributed by atoms with Gasteiger partial charge in [-0.2, -0.15) is 0 Å². The predicted octanol–water partition coefficient (Wildman–Crippen LogP) is 1.62. The highest BCUT2D eigenvalue weighted by atomic mass is 16.2. The highest BCUT2D eigenvalue weighted by Gasteiger charge is 2.17. The van der Waals surface area contributed by atoms with Crippen molar-refractivity contribution in [2.75, 3.05) is 13.6 Å². The summed E-state index contributed by atoms with van der Waals surface area (Å²) in [5, 5.41) is 14.5. The average molecular weight is 386 g/mol. The third-order valence-corrected chi connectivity index (χ3v) is 4.10. The fraction of sp³-hybridized carbons (Fsp3) is 0.500. The molecule has 0 fully saturated rings. The summed E-state index contributed by atoms with van der Waals surface area (Å²) in [6.45, 7) is 8.99. The summed E-state index contributed by atoms with van der Waals surface area (Å²) in [5.74, 6) is 2.22. The van der Waals surface area contributed by atoms with Crippen LogP contribution in [0.2, 0.25) is 0 Å². The molecule has 0 aliphatic rings. The SMILES string of the molecule is Cc1nnc(CNC(=NCc2ccccc2)N(C)CC(=O)NC(C)(C)C)n1C. The summed E-state index contributed by atoms with van der Waals surface area (Å²) in [4.78, 5) is 18.8. The molecule has 1 amide bonds. The van der Waals surface area contributed by atoms with E-state index < -0.39 is 0 Å². The fourth-order valence-electron chi connectivity index (χ4n) is 2.57. The van der Waals surface area contributed by atoms with Gasteiger partial charge < -0.3 is 20.1 Å². The number of rotatable bonds is 6. The van der Waals surface area contributed by atoms with E-state index in [0.717, 1.165) is 17.2 Å². The number of nitrogens with zero attached hydrogens (tertiary/aromatic N) is 5. The second-order valence-corrected chi connectivity index (χ2v) is 7.86. The molecule has 2 rings (SSSR count). The first-order chi connectivity index (χ1) is 13.2. The molecular weight excluding hydrogens is 354 g/mol. The summed E-state index contributed by atoms with van der Waals surface area (Å²) in [6.07, 6.45) is 0. The number of guanidine groups is 1. The van der Waals surface area contributed by atoms with E-state index in [9.17, 15) is 4.79 Å². The van der Waals surface area contributed by atoms with Crippen molar-refractivity contribution >= 4 is 11.9 Å². The van der Waals surface area contributed by atoms with E-state index in [1.807, 2.05) is 81.6 Å². The molecule has 0 saturated carbocycles. The lowest BCUT2D eigenvalue weighted by atomic mass is 10.1. The van der Waals surface area contributed by atoms with Crippen LogP contribution < -0.4 is 10.6 Å². The summed E-state index contributed by atoms with van der Waals surface area (Å²) < 4.78 is 1.92. The van der Waals surface area contributed by atoms with E-state index in [2.05, 4.69) is 25.8 Å². The highest BCUT2D eigenvalue weighted by molar-refractivity contribution is 5.86. The zero-order chi connectivity index (χ0) is 20.7. The zero-order valence-electron chi connectivity index (χ0n) is 17.7. The van der Waals surface area contributed by atoms with E-state index in [0.29, 0.717) is 19.0 Å². The molecule has 0 saturated heterocycles. The number of hydrogen-bond acceptors (Lipinski definition) is 4. The third-order valence-electron chi connectivity index (χ3n) is 4.10. The Hall–Kier alpha value is -2.90. The molecule has 0 aliphatic carbocycles. The van der Waals surface area contributed by atoms with Crippen LogP contribution in [0.15, 0.2) is 35.3 Å². The van der Waals surface area contributed by atoms with Gasteiger partial charge in [0.1, 0.15) is 5.82 Å². The second kappa shape index (κ2) is 9.34. The van der Waals surface area contributed by atoms with Gasteiger partial charge in [0.2, 0.25) is 5.91 Å². The van der Waals surface area contributed by atoms with Crippen molar-refractivity contribution < 1.29 is 4.79 Å². The van der Waals surface area contributed by atoms with Crippen LogP contribution in [0.25, 0.3) is 0 Å². The molecule has 1 aromatic heterocycles. The number of carbonyl (C=O) groups excluding carboxylic acids is 1. The molecule has 0 aliphatic heterocycles. The van der Waals surface area contributed by atoms with Crippen LogP contribution in [-0.2, 0) is 24.9 Å². The van der Waals surface area contributed by atoms with Gasteiger partial charge >= 0.3 is 0 Å². The Morgan fingerprint density at radius 1 is 1.21 bits per heavy atom. The van der Waals surface area contributed by atoms with Gasteiger partial charge in [0.15, 0.2) is 11.8 Å². The molecule has 8 heteroatoms. The average Bonchev–Trinajstić information content (AvgIpc) is 2.93. The van der Waals surface area contributed by atoms with Crippen LogP contribution in [0, 0.1) is 6.92 Å². The summed E-state index contributed by atoms with van der Waals surface area (Å²) >= 11 is 0. The van der Waals surface area contributed by atoms with Gasteiger partial charge in [-0.15, -0.1) is 10.2 Å². The lowest BCUT2D eigenvalue weighted by molar-refractivity contribution is -0.122. The van der Waals surface area contributed by atoms with Crippen molar-refractivity contribution in [2.24, 2.45) is 12.0 Å². The number of amides is 1. The second-order valence-electron chi connectivity index (χ2n) is 7.86. The third kappa shape index (κ3) is 6.68. The largest absolute Gasteiger partial charge is 0.350 e. The molecule has 0 radical (unpaired) electrons. The van der Waals surface area contributed by atoms with Gasteiger partial charge in [-0.05, 0) is 33.3 Å². The van der Waals surface area contributed by atoms with Crippen molar-refractivity contribution in [1.29, 1.82) is 0 Å². The van der Waals surface area contributed by atoms with Crippen LogP contribution in [0.5, 0.6) is 0 Å². The number of aromatic nitrogens is 3. The Morgan fingerprint density at radius 3 is 2.46 bits per heavy atom. The number of likely N-dealkylation sites (N-methyl/N-ethyl adjacent to an activating group) is 1. The van der Waals surface area contributed by atoms with Crippen LogP contribution >= 0.6 is 0 Å². The number of aryl methyl sites for hydroxylation is 1. The first-order valence-corrected chi connectivity index (χ1v) is 9.35. The van der Waals surface area contributed by atoms with Gasteiger partial charge in [0, 0.05) is 19.6 Å². The first kappa shape index (κ1) is 21.4. The van der Waals surface area contributed by atoms with Crippen LogP contribution in [0.1, 0.15) is 38.0 Å². The molecule has 2 aromatic rings. The highest BCUT2D eigenvalue weighted by Crippen LogP contribution is 2.03. The lowest BCUT2D eigenvalue weighted by Crippen LogP contribution is -2.48. The molecule has 0 spiro atoms. The minimum atomic E-state index is -0.275. The van der Waals surface area contributed by atoms with E-state index in [-0.39, 0.29) is 18.0 Å². The van der Waals surface area contributed by atoms with E-state index >= 15 is 0 Å². The molecule has 2 N–H and O–H groups in total. The van der Waals surface area contributed by atoms with Gasteiger partial charge in [-0.1, -0.05) is 30.3 Å². The Morgan fingerprint density at radius 2 is 1.89 bits per heavy atom. The lowest BCUT2D eigenvalue weighted by Gasteiger charge is -2.25. The molecule has 8 nitrogen and oxygen atoms in total. The molecule has 0 atom stereocenters. The number of hydrogen-bond donors (Lipinski definition) is 2. The van der Waals surface area contributed by atoms with Crippen molar-refractivity contribution in [2.45, 2.75) is 46.3 Å². The number of nitrogens with one attached hydrogen (secondary N) is 2. The van der Waals surface area contributed by atoms with Gasteiger partial charge in [0.25, 0.3) is 0 Å². The van der Waals surface area contributed by atoms with Crippen molar-refractivity contribution in [1.82, 2.24) is 30.3 Å². The quantitative estimate of drug-likeness (QED) is 0.583. The molecule has 1 aromatic carbocycles. The van der Waals surface area contributed by atoms with E-state index in [1.54, 1.807) is 0 Å². The molecule has 1 heterocycles. The van der Waals surface area contributed by atoms with Crippen LogP contribution in [-0.4, -0.2) is 50.7 Å². The zero-order valence-corrected chi connectivity index (χ0v) is 17.7. The number of aliphatic imine (C=N–C) groups is 1. The number of carbonyl (C=O) groups is 1. The van der Waals surface area contributed by atoms with Crippen molar-refractivity contribution in [3.63, 3.8) is 0 Å². The van der Waals surface area contributed by atoms with Crippen molar-refractivity contribution in [3.8, 4) is 0 Å². The Kier molecular flexibility index (Phi) is 7.14. The first-order valence-electron chi connectivity index (χ1n) is 9.35. The van der Waals surface area contributed by atoms with Crippen LogP contribution in [0.3, 0.4) is 0 Å². The maximum absolute atomic E-state index is 12.3. The van der Waals surface area contributed by atoms with E-state index in [4.69, 9.17) is 0 Å². The molecular formula is C20H31N7O. The Balaban J connectivity index is 2.10. The normalized spacial score (nSPS) is 12.0. The smallest absolute Gasteiger partial charge is 0.240 e. The van der Waals surface area contributed by atoms with Gasteiger partial charge in [-0.3, -0.25) is 4.79 Å². The molecule has 0 unspecified atom stereocenters. The van der Waals surface area contributed by atoms with Gasteiger partial charge in [-0.25, -0.2) is 4.99 Å². The minimum Gasteiger partial charge on any atom is -0.350 e. The molecule has 28 heavy (non-hydrogen) atoms.